The van der Waals surface area contributed by atoms with Gasteiger partial charge in [0.2, 0.25) is 0 Å². The van der Waals surface area contributed by atoms with Crippen LogP contribution in [0.2, 0.25) is 0 Å². The molecule has 2 aliphatic heterocycles. The number of nitrogens with zero attached hydrogens (tertiary/aromatic N) is 3. The average molecular weight is 342 g/mol. The summed E-state index contributed by atoms with van der Waals surface area (Å²) in [7, 11) is 0. The summed E-state index contributed by atoms with van der Waals surface area (Å²) in [6.07, 6.45) is 11.3. The summed E-state index contributed by atoms with van der Waals surface area (Å²) >= 11 is 0. The fourth-order valence-corrected chi connectivity index (χ4v) is 3.90. The molecule has 136 valence electrons. The van der Waals surface area contributed by atoms with Gasteiger partial charge in [-0.15, -0.1) is 6.58 Å². The molecule has 1 aromatic heterocycles. The molecule has 0 aromatic carbocycles. The molecule has 2 saturated heterocycles. The van der Waals surface area contributed by atoms with E-state index in [1.807, 2.05) is 12.1 Å². The Kier molecular flexibility index (Phi) is 6.45. The van der Waals surface area contributed by atoms with Gasteiger partial charge in [0.25, 0.3) is 5.91 Å². The third-order valence-electron chi connectivity index (χ3n) is 5.29. The van der Waals surface area contributed by atoms with Crippen LogP contribution < -0.4 is 10.2 Å². The Morgan fingerprint density at radius 3 is 2.68 bits per heavy atom. The Morgan fingerprint density at radius 2 is 2.00 bits per heavy atom. The molecule has 0 radical (unpaired) electrons. The molecular formula is C20H30N4O. The molecule has 5 nitrogen and oxygen atoms in total. The zero-order valence-corrected chi connectivity index (χ0v) is 15.1. The van der Waals surface area contributed by atoms with Crippen molar-refractivity contribution in [2.45, 2.75) is 44.6 Å². The van der Waals surface area contributed by atoms with Gasteiger partial charge in [0.15, 0.2) is 0 Å². The van der Waals surface area contributed by atoms with Gasteiger partial charge in [-0.3, -0.25) is 9.69 Å². The highest BCUT2D eigenvalue weighted by Gasteiger charge is 2.26. The highest BCUT2D eigenvalue weighted by atomic mass is 16.1. The number of likely N-dealkylation sites (tertiary alicyclic amines) is 1. The van der Waals surface area contributed by atoms with E-state index in [4.69, 9.17) is 0 Å². The molecule has 0 bridgehead atoms. The summed E-state index contributed by atoms with van der Waals surface area (Å²) in [5.74, 6) is 0.889. The smallest absolute Gasteiger partial charge is 0.253 e. The Morgan fingerprint density at radius 1 is 1.20 bits per heavy atom. The molecule has 5 heteroatoms. The zero-order valence-electron chi connectivity index (χ0n) is 15.1. The molecule has 2 fully saturated rings. The fraction of sp³-hybridized carbons (Fsp3) is 0.600. The van der Waals surface area contributed by atoms with E-state index in [0.717, 1.165) is 18.9 Å². The van der Waals surface area contributed by atoms with E-state index in [2.05, 4.69) is 26.7 Å². The number of hydrogen-bond donors (Lipinski definition) is 1. The van der Waals surface area contributed by atoms with E-state index in [1.165, 1.54) is 51.6 Å². The molecule has 0 saturated carbocycles. The Labute approximate surface area is 151 Å². The summed E-state index contributed by atoms with van der Waals surface area (Å²) in [5.41, 5.74) is 0.603. The number of aromatic nitrogens is 1. The van der Waals surface area contributed by atoms with Crippen LogP contribution >= 0.6 is 0 Å². The van der Waals surface area contributed by atoms with Gasteiger partial charge in [0, 0.05) is 31.9 Å². The normalized spacial score (nSPS) is 22.2. The van der Waals surface area contributed by atoms with Crippen molar-refractivity contribution in [3.05, 3.63) is 36.5 Å². The minimum Gasteiger partial charge on any atom is -0.355 e. The molecule has 0 aliphatic carbocycles. The maximum Gasteiger partial charge on any atom is 0.253 e. The van der Waals surface area contributed by atoms with Crippen LogP contribution in [0.5, 0.6) is 0 Å². The lowest BCUT2D eigenvalue weighted by molar-refractivity contribution is 0.0957. The lowest BCUT2D eigenvalue weighted by Gasteiger charge is -2.39. The van der Waals surface area contributed by atoms with Crippen LogP contribution in [0.1, 0.15) is 48.9 Å². The van der Waals surface area contributed by atoms with Crippen LogP contribution in [0.3, 0.4) is 0 Å². The van der Waals surface area contributed by atoms with Crippen LogP contribution in [0.4, 0.5) is 5.82 Å². The molecule has 1 N–H and O–H groups in total. The molecule has 3 heterocycles. The van der Waals surface area contributed by atoms with Gasteiger partial charge in [-0.2, -0.15) is 0 Å². The summed E-state index contributed by atoms with van der Waals surface area (Å²) in [5, 5.41) is 2.79. The predicted molar refractivity (Wildman–Crippen MR) is 102 cm³/mol. The van der Waals surface area contributed by atoms with Crippen molar-refractivity contribution in [1.29, 1.82) is 0 Å². The highest BCUT2D eigenvalue weighted by Crippen LogP contribution is 2.23. The second-order valence-electron chi connectivity index (χ2n) is 7.10. The molecule has 1 aromatic rings. The van der Waals surface area contributed by atoms with Crippen molar-refractivity contribution in [3.8, 4) is 0 Å². The highest BCUT2D eigenvalue weighted by molar-refractivity contribution is 5.94. The zero-order chi connectivity index (χ0) is 17.5. The van der Waals surface area contributed by atoms with Crippen LogP contribution in [-0.2, 0) is 0 Å². The lowest BCUT2D eigenvalue weighted by Crippen LogP contribution is -2.48. The van der Waals surface area contributed by atoms with E-state index in [0.29, 0.717) is 18.2 Å². The largest absolute Gasteiger partial charge is 0.355 e. The van der Waals surface area contributed by atoms with E-state index in [-0.39, 0.29) is 5.91 Å². The predicted octanol–water partition coefficient (Wildman–Crippen LogP) is 2.84. The van der Waals surface area contributed by atoms with Gasteiger partial charge in [-0.05, 0) is 50.9 Å². The van der Waals surface area contributed by atoms with Gasteiger partial charge < -0.3 is 10.2 Å². The number of piperidine rings is 1. The standard InChI is InChI=1S/C20H30N4O/c1-2-11-21-20(25)17-9-10-19(22-15-17)24-14-7-8-18(16-24)23-12-5-3-4-6-13-23/h2,9-10,15,18H,1,3-8,11-14,16H2,(H,21,25). The number of pyridine rings is 1. The maximum atomic E-state index is 12.0. The van der Waals surface area contributed by atoms with Crippen molar-refractivity contribution < 1.29 is 4.79 Å². The fourth-order valence-electron chi connectivity index (χ4n) is 3.90. The topological polar surface area (TPSA) is 48.5 Å². The number of rotatable bonds is 5. The molecule has 2 aliphatic rings. The Hall–Kier alpha value is -1.88. The second-order valence-corrected chi connectivity index (χ2v) is 7.10. The van der Waals surface area contributed by atoms with Crippen molar-refractivity contribution in [3.63, 3.8) is 0 Å². The third-order valence-corrected chi connectivity index (χ3v) is 5.29. The van der Waals surface area contributed by atoms with Crippen molar-refractivity contribution in [2.24, 2.45) is 0 Å². The first kappa shape index (κ1) is 17.9. The molecular weight excluding hydrogens is 312 g/mol. The number of anilines is 1. The quantitative estimate of drug-likeness (QED) is 0.836. The van der Waals surface area contributed by atoms with E-state index < -0.39 is 0 Å². The van der Waals surface area contributed by atoms with Gasteiger partial charge in [-0.1, -0.05) is 18.9 Å². The third kappa shape index (κ3) is 4.82. The minimum absolute atomic E-state index is 0.0972. The first-order chi connectivity index (χ1) is 12.3. The van der Waals surface area contributed by atoms with Gasteiger partial charge >= 0.3 is 0 Å². The lowest BCUT2D eigenvalue weighted by atomic mass is 10.0. The number of nitrogens with one attached hydrogen (secondary N) is 1. The van der Waals surface area contributed by atoms with Crippen molar-refractivity contribution >= 4 is 11.7 Å². The summed E-state index contributed by atoms with van der Waals surface area (Å²) in [4.78, 5) is 21.6. The number of carbonyl (C=O) groups excluding carboxylic acids is 1. The van der Waals surface area contributed by atoms with E-state index >= 15 is 0 Å². The van der Waals surface area contributed by atoms with Crippen LogP contribution in [0, 0.1) is 0 Å². The number of hydrogen-bond acceptors (Lipinski definition) is 4. The van der Waals surface area contributed by atoms with E-state index in [9.17, 15) is 4.79 Å². The summed E-state index contributed by atoms with van der Waals surface area (Å²) < 4.78 is 0. The van der Waals surface area contributed by atoms with Gasteiger partial charge in [0.1, 0.15) is 5.82 Å². The van der Waals surface area contributed by atoms with E-state index in [1.54, 1.807) is 12.3 Å². The SMILES string of the molecule is C=CCNC(=O)c1ccc(N2CCCC(N3CCCCCC3)C2)nc1. The molecule has 25 heavy (non-hydrogen) atoms. The molecule has 1 amide bonds. The number of amides is 1. The van der Waals surface area contributed by atoms with Crippen molar-refractivity contribution in [2.75, 3.05) is 37.6 Å². The monoisotopic (exact) mass is 342 g/mol. The first-order valence-corrected chi connectivity index (χ1v) is 9.62. The van der Waals surface area contributed by atoms with Gasteiger partial charge in [-0.25, -0.2) is 4.98 Å². The number of carbonyl (C=O) groups is 1. The molecule has 1 unspecified atom stereocenters. The van der Waals surface area contributed by atoms with Crippen LogP contribution in [0.15, 0.2) is 31.0 Å². The molecule has 3 rings (SSSR count). The van der Waals surface area contributed by atoms with Crippen LogP contribution in [-0.4, -0.2) is 54.6 Å². The molecule has 0 spiro atoms. The summed E-state index contributed by atoms with van der Waals surface area (Å²) in [6, 6.07) is 4.49. The first-order valence-electron chi connectivity index (χ1n) is 9.62. The molecule has 1 atom stereocenters. The summed E-state index contributed by atoms with van der Waals surface area (Å²) in [6.45, 7) is 8.68. The van der Waals surface area contributed by atoms with Crippen LogP contribution in [0.25, 0.3) is 0 Å². The maximum absolute atomic E-state index is 12.0. The van der Waals surface area contributed by atoms with Gasteiger partial charge in [0.05, 0.1) is 5.56 Å². The second kappa shape index (κ2) is 8.99. The Balaban J connectivity index is 1.60. The average Bonchev–Trinajstić information content (AvgIpc) is 2.96. The van der Waals surface area contributed by atoms with Crippen molar-refractivity contribution in [1.82, 2.24) is 15.2 Å². The Bertz CT molecular complexity index is 564. The minimum atomic E-state index is -0.0972.